The molecule has 0 fully saturated rings. The number of unbranched alkanes of at least 4 members (excludes halogenated alkanes) is 2. The number of hydrogen-bond donors (Lipinski definition) is 17. The number of imide groups is 1. The van der Waals surface area contributed by atoms with Gasteiger partial charge in [-0.25, -0.2) is 4.79 Å². The van der Waals surface area contributed by atoms with Crippen LogP contribution < -0.4 is 54.0 Å². The Kier molecular flexibility index (Phi) is 28.8. The van der Waals surface area contributed by atoms with Crippen molar-refractivity contribution in [3.05, 3.63) is 42.0 Å². The number of aromatic hydroxyl groups is 1. The van der Waals surface area contributed by atoms with E-state index in [2.05, 4.69) is 21.3 Å². The van der Waals surface area contributed by atoms with Crippen LogP contribution in [0.3, 0.4) is 0 Å². The average molecular weight is 1160 g/mol. The van der Waals surface area contributed by atoms with Gasteiger partial charge in [-0.15, -0.1) is 0 Å². The summed E-state index contributed by atoms with van der Waals surface area (Å²) in [7, 11) is 0. The second kappa shape index (κ2) is 34.4. The molecule has 2 rings (SSSR count). The molecule has 0 aromatic heterocycles. The van der Waals surface area contributed by atoms with Gasteiger partial charge in [-0.2, -0.15) is 0 Å². The molecule has 10 amide bonds. The van der Waals surface area contributed by atoms with E-state index in [1.165, 1.54) is 24.3 Å². The number of carbonyl (C=O) groups excluding carboxylic acids is 10. The van der Waals surface area contributed by atoms with E-state index in [0.29, 0.717) is 11.3 Å². The zero-order valence-electron chi connectivity index (χ0n) is 43.7. The molecule has 0 spiro atoms. The number of nitrogens with one attached hydrogen (secondary N) is 8. The number of carboxylic acid groups (broad SMARTS) is 6. The monoisotopic (exact) mass is 1160 g/mol. The Morgan fingerprint density at radius 2 is 0.720 bits per heavy atom. The summed E-state index contributed by atoms with van der Waals surface area (Å²) in [6.45, 7) is -0.262. The van der Waals surface area contributed by atoms with Crippen molar-refractivity contribution in [3.63, 3.8) is 0 Å². The number of amides is 10. The minimum atomic E-state index is -2.33. The van der Waals surface area contributed by atoms with Gasteiger partial charge < -0.3 is 89.7 Å². The molecule has 0 bridgehead atoms. The van der Waals surface area contributed by atoms with Crippen LogP contribution in [0.1, 0.15) is 82.6 Å². The summed E-state index contributed by atoms with van der Waals surface area (Å²) in [5.41, 5.74) is 11.3. The number of nitrogens with two attached hydrogens (primary N) is 2. The van der Waals surface area contributed by atoms with Crippen LogP contribution in [0.2, 0.25) is 0 Å². The lowest BCUT2D eigenvalue weighted by Gasteiger charge is -2.27. The van der Waals surface area contributed by atoms with Crippen molar-refractivity contribution < 1.29 is 112 Å². The van der Waals surface area contributed by atoms with Crippen molar-refractivity contribution in [1.82, 2.24) is 47.4 Å². The molecule has 82 heavy (non-hydrogen) atoms. The van der Waals surface area contributed by atoms with Gasteiger partial charge in [-0.3, -0.25) is 76.8 Å². The average Bonchev–Trinajstić information content (AvgIpc) is 3.77. The van der Waals surface area contributed by atoms with Gasteiger partial charge in [-0.05, 0) is 69.3 Å². The number of nitrogens with zero attached hydrogens (tertiary/aromatic N) is 1. The van der Waals surface area contributed by atoms with Crippen LogP contribution in [-0.4, -0.2) is 204 Å². The molecule has 1 aromatic carbocycles. The van der Waals surface area contributed by atoms with Crippen LogP contribution >= 0.6 is 0 Å². The highest BCUT2D eigenvalue weighted by Gasteiger charge is 2.37. The van der Waals surface area contributed by atoms with Crippen molar-refractivity contribution in [1.29, 1.82) is 0 Å². The molecule has 0 radical (unpaired) electrons. The van der Waals surface area contributed by atoms with Gasteiger partial charge in [0.15, 0.2) is 0 Å². The molecule has 19 N–H and O–H groups in total. The fourth-order valence-electron chi connectivity index (χ4n) is 7.55. The molecule has 1 heterocycles. The van der Waals surface area contributed by atoms with Crippen molar-refractivity contribution >= 4 is 94.9 Å². The third-order valence-corrected chi connectivity index (χ3v) is 11.7. The largest absolute Gasteiger partial charge is 0.508 e. The lowest BCUT2D eigenvalue weighted by molar-refractivity contribution is -0.145. The lowest BCUT2D eigenvalue weighted by Crippen LogP contribution is -2.61. The zero-order valence-corrected chi connectivity index (χ0v) is 43.7. The number of benzene rings is 1. The van der Waals surface area contributed by atoms with Crippen LogP contribution in [-0.2, 0) is 83.1 Å². The molecule has 8 unspecified atom stereocenters. The predicted octanol–water partition coefficient (Wildman–Crippen LogP) is -6.16. The molecule has 0 saturated heterocycles. The standard InChI is InChI=1S/C48H65N11O23/c49-14-3-1-5-25(52-42(75)27(17-23-7-9-24(60)10-8-23)54-43(76)28(18-36(64)65)51-33(61)13-16-59-34(62)11-12-35(59)63)41(74)55-30(20-38(68)69)45(78)57-32(22-40(72)73)47(80)58-31(21-39(70)71)46(79)56-29(19-37(66)67)44(77)53-26(48(81)82)6-2-4-15-50/h7-12,25-32,60H,1-6,13-22,49-50H2,(H,51,61)(H,52,75)(H,53,77)(H,54,76)(H,55,74)(H,56,79)(H,57,78)(H,58,80)(H,64,65)(H,66,67)(H,68,69)(H,70,71)(H,72,73)(H,81,82). The minimum absolute atomic E-state index is 0.0352. The number of phenols is 1. The highest BCUT2D eigenvalue weighted by atomic mass is 16.4. The van der Waals surface area contributed by atoms with E-state index in [9.17, 15) is 112 Å². The smallest absolute Gasteiger partial charge is 0.326 e. The predicted molar refractivity (Wildman–Crippen MR) is 272 cm³/mol. The summed E-state index contributed by atoms with van der Waals surface area (Å²) >= 11 is 0. The first kappa shape index (κ1) is 68.5. The SMILES string of the molecule is NCCCCC(NC(=O)C(CC(=O)O)NC(=O)C(CC(=O)O)NC(=O)C(CC(=O)O)NC(=O)C(CC(=O)O)NC(=O)C(CCCCN)NC(=O)C(Cc1ccc(O)cc1)NC(=O)C(CC(=O)O)NC(=O)CCN1C(=O)C=CC1=O)C(=O)O. The highest BCUT2D eigenvalue weighted by Crippen LogP contribution is 2.14. The Labute approximate surface area is 464 Å². The Morgan fingerprint density at radius 3 is 1.07 bits per heavy atom. The fourth-order valence-corrected chi connectivity index (χ4v) is 7.55. The van der Waals surface area contributed by atoms with Gasteiger partial charge in [0.2, 0.25) is 47.3 Å². The van der Waals surface area contributed by atoms with Crippen molar-refractivity contribution in [2.75, 3.05) is 19.6 Å². The van der Waals surface area contributed by atoms with Crippen LogP contribution in [0.25, 0.3) is 0 Å². The van der Waals surface area contributed by atoms with Gasteiger partial charge >= 0.3 is 35.8 Å². The second-order valence-corrected chi connectivity index (χ2v) is 18.2. The maximum absolute atomic E-state index is 14.2. The second-order valence-electron chi connectivity index (χ2n) is 18.2. The maximum Gasteiger partial charge on any atom is 0.326 e. The van der Waals surface area contributed by atoms with Crippen LogP contribution in [0.5, 0.6) is 5.75 Å². The number of phenolic OH excluding ortho intramolecular Hbond substituents is 1. The van der Waals surface area contributed by atoms with E-state index in [1.807, 2.05) is 21.3 Å². The quantitative estimate of drug-likeness (QED) is 0.0215. The van der Waals surface area contributed by atoms with Gasteiger partial charge in [0.05, 0.1) is 32.1 Å². The zero-order chi connectivity index (χ0) is 61.8. The molecule has 1 aromatic rings. The molecular weight excluding hydrogens is 1100 g/mol. The van der Waals surface area contributed by atoms with Crippen LogP contribution in [0.15, 0.2) is 36.4 Å². The first-order valence-electron chi connectivity index (χ1n) is 25.0. The van der Waals surface area contributed by atoms with Crippen LogP contribution in [0.4, 0.5) is 0 Å². The van der Waals surface area contributed by atoms with E-state index in [-0.39, 0.29) is 56.5 Å². The molecule has 1 aliphatic rings. The summed E-state index contributed by atoms with van der Waals surface area (Å²) in [5, 5.41) is 84.1. The molecule has 34 heteroatoms. The van der Waals surface area contributed by atoms with Gasteiger partial charge in [0.25, 0.3) is 11.8 Å². The maximum atomic E-state index is 14.2. The number of aliphatic carboxylic acids is 6. The van der Waals surface area contributed by atoms with Crippen LogP contribution in [0, 0.1) is 0 Å². The highest BCUT2D eigenvalue weighted by molar-refractivity contribution is 6.13. The first-order chi connectivity index (χ1) is 38.5. The number of carboxylic acids is 6. The molecule has 0 saturated carbocycles. The number of hydrogen-bond acceptors (Lipinski definition) is 19. The van der Waals surface area contributed by atoms with Crippen molar-refractivity contribution in [3.8, 4) is 5.75 Å². The first-order valence-corrected chi connectivity index (χ1v) is 25.0. The Balaban J connectivity index is 2.46. The van der Waals surface area contributed by atoms with Crippen molar-refractivity contribution in [2.45, 2.75) is 132 Å². The molecule has 1 aliphatic heterocycles. The summed E-state index contributed by atoms with van der Waals surface area (Å²) in [6.07, 6.45) is -5.20. The summed E-state index contributed by atoms with van der Waals surface area (Å²) in [5.74, 6) is -23.0. The van der Waals surface area contributed by atoms with Gasteiger partial charge in [0, 0.05) is 31.5 Å². The Hall–Kier alpha value is -9.60. The fraction of sp³-hybridized carbons (Fsp3) is 0.500. The van der Waals surface area contributed by atoms with Gasteiger partial charge in [0.1, 0.15) is 54.1 Å². The lowest BCUT2D eigenvalue weighted by atomic mass is 10.0. The number of rotatable bonds is 39. The summed E-state index contributed by atoms with van der Waals surface area (Å²) in [4.78, 5) is 205. The molecule has 34 nitrogen and oxygen atoms in total. The van der Waals surface area contributed by atoms with E-state index >= 15 is 0 Å². The third-order valence-electron chi connectivity index (χ3n) is 11.7. The molecule has 0 aliphatic carbocycles. The van der Waals surface area contributed by atoms with Crippen molar-refractivity contribution in [2.24, 2.45) is 11.5 Å². The molecule has 450 valence electrons. The molecule has 8 atom stereocenters. The molecular formula is C48H65N11O23. The van der Waals surface area contributed by atoms with E-state index in [0.717, 1.165) is 12.2 Å². The third kappa shape index (κ3) is 25.0. The van der Waals surface area contributed by atoms with E-state index < -0.39 is 195 Å². The van der Waals surface area contributed by atoms with E-state index in [1.54, 1.807) is 0 Å². The topological polar surface area (TPSA) is 566 Å². The van der Waals surface area contributed by atoms with E-state index in [4.69, 9.17) is 11.5 Å². The Bertz CT molecular complexity index is 2580. The number of carbonyl (C=O) groups is 16. The van der Waals surface area contributed by atoms with Gasteiger partial charge in [-0.1, -0.05) is 12.1 Å². The Morgan fingerprint density at radius 1 is 0.415 bits per heavy atom. The minimum Gasteiger partial charge on any atom is -0.508 e. The summed E-state index contributed by atoms with van der Waals surface area (Å²) in [6, 6.07) is -11.0. The normalized spacial score (nSPS) is 14.6. The summed E-state index contributed by atoms with van der Waals surface area (Å²) < 4.78 is 0.